The lowest BCUT2D eigenvalue weighted by molar-refractivity contribution is 0.112. The Labute approximate surface area is 79.0 Å². The summed E-state index contributed by atoms with van der Waals surface area (Å²) >= 11 is 0.559. The Morgan fingerprint density at radius 3 is 2.85 bits per heavy atom. The van der Waals surface area contributed by atoms with Gasteiger partial charge in [0.1, 0.15) is 5.03 Å². The van der Waals surface area contributed by atoms with E-state index in [-0.39, 0.29) is 0 Å². The number of carbonyl (C=O) groups excluding carboxylic acids is 1. The molecule has 2 aromatic rings. The summed E-state index contributed by atoms with van der Waals surface area (Å²) in [6.45, 7) is 0. The summed E-state index contributed by atoms with van der Waals surface area (Å²) in [5.41, 5.74) is 1.38. The number of nitrogens with one attached hydrogen (secondary N) is 1. The average molecular weight is 193 g/mol. The number of rotatable bonds is 2. The van der Waals surface area contributed by atoms with Crippen molar-refractivity contribution in [2.45, 2.75) is 5.03 Å². The van der Waals surface area contributed by atoms with E-state index in [4.69, 9.17) is 4.55 Å². The van der Waals surface area contributed by atoms with Gasteiger partial charge in [0.05, 0.1) is 5.56 Å². The van der Waals surface area contributed by atoms with Gasteiger partial charge in [0, 0.05) is 22.9 Å². The van der Waals surface area contributed by atoms with Crippen LogP contribution in [0.4, 0.5) is 0 Å². The molecule has 66 valence electrons. The fraction of sp³-hybridized carbons (Fsp3) is 0. The molecule has 0 spiro atoms. The molecule has 2 N–H and O–H groups in total. The first-order chi connectivity index (χ1) is 6.36. The quantitative estimate of drug-likeness (QED) is 0.569. The Morgan fingerprint density at radius 2 is 2.15 bits per heavy atom. The molecule has 0 aliphatic rings. The lowest BCUT2D eigenvalue weighted by atomic mass is 10.2. The van der Waals surface area contributed by atoms with E-state index in [1.54, 1.807) is 0 Å². The van der Waals surface area contributed by atoms with E-state index < -0.39 is 0 Å². The molecular formula is C9H7NO2S. The molecule has 4 heteroatoms. The van der Waals surface area contributed by atoms with Gasteiger partial charge in [-0.3, -0.25) is 4.79 Å². The summed E-state index contributed by atoms with van der Waals surface area (Å²) in [4.78, 5) is 13.7. The van der Waals surface area contributed by atoms with E-state index >= 15 is 0 Å². The lowest BCUT2D eigenvalue weighted by Gasteiger charge is -1.88. The zero-order chi connectivity index (χ0) is 9.26. The third-order valence-corrected chi connectivity index (χ3v) is 2.42. The zero-order valence-corrected chi connectivity index (χ0v) is 7.47. The highest BCUT2D eigenvalue weighted by Crippen LogP contribution is 2.26. The largest absolute Gasteiger partial charge is 0.347 e. The number of hydrogen-bond donors (Lipinski definition) is 2. The van der Waals surface area contributed by atoms with Crippen molar-refractivity contribution in [3.8, 4) is 0 Å². The summed E-state index contributed by atoms with van der Waals surface area (Å²) in [5, 5.41) is 1.34. The zero-order valence-electron chi connectivity index (χ0n) is 6.65. The average Bonchev–Trinajstić information content (AvgIpc) is 2.55. The summed E-state index contributed by atoms with van der Waals surface area (Å²) in [7, 11) is 0. The normalized spacial score (nSPS) is 10.5. The van der Waals surface area contributed by atoms with Crippen molar-refractivity contribution in [2.75, 3.05) is 0 Å². The SMILES string of the molecule is O=Cc1c(SO)[nH]c2ccccc12. The number of carbonyl (C=O) groups is 1. The Morgan fingerprint density at radius 1 is 1.38 bits per heavy atom. The molecule has 13 heavy (non-hydrogen) atoms. The summed E-state index contributed by atoms with van der Waals surface area (Å²) in [5.74, 6) is 0. The van der Waals surface area contributed by atoms with Crippen LogP contribution < -0.4 is 0 Å². The minimum atomic E-state index is 0.496. The van der Waals surface area contributed by atoms with Gasteiger partial charge in [-0.05, 0) is 6.07 Å². The van der Waals surface area contributed by atoms with E-state index in [1.165, 1.54) is 0 Å². The molecular weight excluding hydrogens is 186 g/mol. The van der Waals surface area contributed by atoms with Crippen LogP contribution in [0.5, 0.6) is 0 Å². The van der Waals surface area contributed by atoms with Crippen molar-refractivity contribution in [1.82, 2.24) is 4.98 Å². The Kier molecular flexibility index (Phi) is 2.08. The van der Waals surface area contributed by atoms with Crippen LogP contribution in [0, 0.1) is 0 Å². The van der Waals surface area contributed by atoms with Gasteiger partial charge in [0.25, 0.3) is 0 Å². The highest BCUT2D eigenvalue weighted by atomic mass is 32.2. The van der Waals surface area contributed by atoms with Gasteiger partial charge in [-0.25, -0.2) is 0 Å². The Hall–Kier alpha value is -1.26. The molecule has 0 saturated carbocycles. The maximum Gasteiger partial charge on any atom is 0.153 e. The van der Waals surface area contributed by atoms with Crippen molar-refractivity contribution in [3.63, 3.8) is 0 Å². The molecule has 0 aliphatic heterocycles. The second-order valence-electron chi connectivity index (χ2n) is 2.62. The van der Waals surface area contributed by atoms with Crippen LogP contribution in [-0.4, -0.2) is 15.8 Å². The summed E-state index contributed by atoms with van der Waals surface area (Å²) in [6.07, 6.45) is 0.747. The van der Waals surface area contributed by atoms with Gasteiger partial charge >= 0.3 is 0 Å². The van der Waals surface area contributed by atoms with E-state index in [1.807, 2.05) is 24.3 Å². The van der Waals surface area contributed by atoms with Crippen LogP contribution in [0.2, 0.25) is 0 Å². The highest BCUT2D eigenvalue weighted by molar-refractivity contribution is 7.93. The van der Waals surface area contributed by atoms with Gasteiger partial charge in [-0.2, -0.15) is 0 Å². The molecule has 0 radical (unpaired) electrons. The number of aromatic amines is 1. The van der Waals surface area contributed by atoms with Crippen molar-refractivity contribution < 1.29 is 9.35 Å². The first kappa shape index (κ1) is 8.34. The first-order valence-electron chi connectivity index (χ1n) is 3.74. The summed E-state index contributed by atoms with van der Waals surface area (Å²) in [6, 6.07) is 7.44. The van der Waals surface area contributed by atoms with Crippen LogP contribution in [0.15, 0.2) is 29.3 Å². The second kappa shape index (κ2) is 3.24. The minimum Gasteiger partial charge on any atom is -0.347 e. The monoisotopic (exact) mass is 193 g/mol. The molecule has 0 atom stereocenters. The smallest absolute Gasteiger partial charge is 0.153 e. The second-order valence-corrected chi connectivity index (χ2v) is 3.21. The van der Waals surface area contributed by atoms with Gasteiger partial charge in [0.15, 0.2) is 6.29 Å². The molecule has 3 nitrogen and oxygen atoms in total. The third-order valence-electron chi connectivity index (χ3n) is 1.92. The minimum absolute atomic E-state index is 0.496. The lowest BCUT2D eigenvalue weighted by Crippen LogP contribution is -1.78. The van der Waals surface area contributed by atoms with Crippen molar-refractivity contribution >= 4 is 29.2 Å². The van der Waals surface area contributed by atoms with Gasteiger partial charge < -0.3 is 9.54 Å². The number of aromatic nitrogens is 1. The molecule has 1 heterocycles. The van der Waals surface area contributed by atoms with Crippen molar-refractivity contribution in [2.24, 2.45) is 0 Å². The molecule has 0 unspecified atom stereocenters. The molecule has 0 aliphatic carbocycles. The predicted molar refractivity (Wildman–Crippen MR) is 52.2 cm³/mol. The van der Waals surface area contributed by atoms with E-state index in [0.29, 0.717) is 22.6 Å². The van der Waals surface area contributed by atoms with Gasteiger partial charge in [-0.15, -0.1) is 0 Å². The van der Waals surface area contributed by atoms with Crippen molar-refractivity contribution in [3.05, 3.63) is 29.8 Å². The third kappa shape index (κ3) is 1.24. The first-order valence-corrected chi connectivity index (χ1v) is 4.51. The standard InChI is InChI=1S/C9H7NO2S/c11-5-7-6-3-1-2-4-8(6)10-9(7)13-12/h1-5,10,12H. The van der Waals surface area contributed by atoms with Crippen LogP contribution in [0.3, 0.4) is 0 Å². The molecule has 0 fully saturated rings. The van der Waals surface area contributed by atoms with E-state index in [9.17, 15) is 4.79 Å². The fourth-order valence-electron chi connectivity index (χ4n) is 1.33. The topological polar surface area (TPSA) is 53.1 Å². The predicted octanol–water partition coefficient (Wildman–Crippen LogP) is 2.55. The van der Waals surface area contributed by atoms with Crippen LogP contribution in [0.25, 0.3) is 10.9 Å². The Balaban J connectivity index is 2.81. The maximum atomic E-state index is 10.7. The number of para-hydroxylation sites is 1. The number of benzene rings is 1. The Bertz CT molecular complexity index is 450. The molecule has 0 amide bonds. The summed E-state index contributed by atoms with van der Waals surface area (Å²) < 4.78 is 8.88. The maximum absolute atomic E-state index is 10.7. The molecule has 1 aromatic heterocycles. The highest BCUT2D eigenvalue weighted by Gasteiger charge is 2.09. The van der Waals surface area contributed by atoms with Crippen LogP contribution >= 0.6 is 12.0 Å². The van der Waals surface area contributed by atoms with Crippen LogP contribution in [-0.2, 0) is 0 Å². The molecule has 0 saturated heterocycles. The van der Waals surface area contributed by atoms with E-state index in [0.717, 1.165) is 17.2 Å². The van der Waals surface area contributed by atoms with Gasteiger partial charge in [-0.1, -0.05) is 18.2 Å². The molecule has 0 bridgehead atoms. The van der Waals surface area contributed by atoms with Crippen LogP contribution in [0.1, 0.15) is 10.4 Å². The fourth-order valence-corrected chi connectivity index (χ4v) is 1.74. The van der Waals surface area contributed by atoms with E-state index in [2.05, 4.69) is 4.98 Å². The molecule has 2 rings (SSSR count). The number of H-pyrrole nitrogens is 1. The number of hydrogen-bond acceptors (Lipinski definition) is 3. The van der Waals surface area contributed by atoms with Crippen molar-refractivity contribution in [1.29, 1.82) is 0 Å². The molecule has 1 aromatic carbocycles. The number of aldehydes is 1. The van der Waals surface area contributed by atoms with Gasteiger partial charge in [0.2, 0.25) is 0 Å². The number of fused-ring (bicyclic) bond motifs is 1.